The van der Waals surface area contributed by atoms with Gasteiger partial charge >= 0.3 is 6.03 Å². The molecular weight excluding hydrogens is 430 g/mol. The smallest absolute Gasteiger partial charge is 0.317 e. The lowest BCUT2D eigenvalue weighted by Crippen LogP contribution is -2.22. The quantitative estimate of drug-likeness (QED) is 0.572. The van der Waals surface area contributed by atoms with Crippen molar-refractivity contribution in [3.05, 3.63) is 57.3 Å². The van der Waals surface area contributed by atoms with E-state index in [1.165, 1.54) is 11.3 Å². The van der Waals surface area contributed by atoms with Crippen molar-refractivity contribution in [2.24, 2.45) is 11.5 Å². The number of halogens is 1. The van der Waals surface area contributed by atoms with E-state index in [0.717, 1.165) is 31.7 Å². The Balaban J connectivity index is 1.75. The zero-order chi connectivity index (χ0) is 19.1. The van der Waals surface area contributed by atoms with Crippen LogP contribution in [0.5, 0.6) is 0 Å². The van der Waals surface area contributed by atoms with Gasteiger partial charge in [0.2, 0.25) is 0 Å². The fourth-order valence-electron chi connectivity index (χ4n) is 3.34. The standard InChI is InChI=1S/C18H16BrN5O2S/c19-12-4-2-1-3-9(12)7-24-8-11-13(23-24)6-5-10-14(16(20)25)17(22-18(21)26)27-15(10)11/h1-4,8H,5-7H2,(H2,20,25)(H3,21,22,26). The van der Waals surface area contributed by atoms with Crippen molar-refractivity contribution in [2.75, 3.05) is 5.32 Å². The largest absolute Gasteiger partial charge is 0.365 e. The van der Waals surface area contributed by atoms with Crippen LogP contribution in [0, 0.1) is 0 Å². The van der Waals surface area contributed by atoms with Gasteiger partial charge in [-0.25, -0.2) is 4.79 Å². The SMILES string of the molecule is NC(=O)Nc1sc2c(c1C(N)=O)CCc1nn(Cc3ccccc3Br)cc1-2. The molecule has 0 aliphatic heterocycles. The van der Waals surface area contributed by atoms with E-state index in [4.69, 9.17) is 16.6 Å². The summed E-state index contributed by atoms with van der Waals surface area (Å²) < 4.78 is 2.92. The van der Waals surface area contributed by atoms with Gasteiger partial charge in [-0.05, 0) is 30.0 Å². The summed E-state index contributed by atoms with van der Waals surface area (Å²) in [7, 11) is 0. The summed E-state index contributed by atoms with van der Waals surface area (Å²) >= 11 is 4.87. The normalized spacial score (nSPS) is 12.3. The van der Waals surface area contributed by atoms with Crippen LogP contribution >= 0.6 is 27.3 Å². The molecule has 2 aromatic heterocycles. The number of fused-ring (bicyclic) bond motifs is 3. The lowest BCUT2D eigenvalue weighted by Gasteiger charge is -2.11. The number of amides is 3. The average Bonchev–Trinajstić information content (AvgIpc) is 3.16. The van der Waals surface area contributed by atoms with E-state index < -0.39 is 11.9 Å². The number of nitrogens with two attached hydrogens (primary N) is 2. The molecule has 5 N–H and O–H groups in total. The molecule has 0 unspecified atom stereocenters. The van der Waals surface area contributed by atoms with E-state index in [1.807, 2.05) is 35.1 Å². The molecular formula is C18H16BrN5O2S. The van der Waals surface area contributed by atoms with Crippen molar-refractivity contribution >= 4 is 44.2 Å². The number of benzene rings is 1. The maximum atomic E-state index is 11.9. The average molecular weight is 446 g/mol. The molecule has 2 heterocycles. The highest BCUT2D eigenvalue weighted by Crippen LogP contribution is 2.44. The molecule has 0 spiro atoms. The number of hydrogen-bond donors (Lipinski definition) is 3. The van der Waals surface area contributed by atoms with Gasteiger partial charge in [0.25, 0.3) is 5.91 Å². The maximum absolute atomic E-state index is 11.9. The third-order valence-electron chi connectivity index (χ3n) is 4.47. The molecule has 27 heavy (non-hydrogen) atoms. The third-order valence-corrected chi connectivity index (χ3v) is 6.43. The number of nitrogens with one attached hydrogen (secondary N) is 1. The first kappa shape index (κ1) is 17.7. The molecule has 0 bridgehead atoms. The molecule has 1 aliphatic carbocycles. The Labute approximate surface area is 167 Å². The molecule has 0 saturated carbocycles. The van der Waals surface area contributed by atoms with Gasteiger partial charge in [-0.2, -0.15) is 5.10 Å². The number of primary amides is 2. The first-order valence-corrected chi connectivity index (χ1v) is 9.87. The second-order valence-corrected chi connectivity index (χ2v) is 8.12. The van der Waals surface area contributed by atoms with Crippen molar-refractivity contribution in [2.45, 2.75) is 19.4 Å². The predicted molar refractivity (Wildman–Crippen MR) is 108 cm³/mol. The molecule has 3 amide bonds. The Morgan fingerprint density at radius 1 is 1.26 bits per heavy atom. The third kappa shape index (κ3) is 3.24. The van der Waals surface area contributed by atoms with E-state index in [1.54, 1.807) is 0 Å². The number of anilines is 1. The van der Waals surface area contributed by atoms with Gasteiger partial charge in [0.1, 0.15) is 5.00 Å². The topological polar surface area (TPSA) is 116 Å². The van der Waals surface area contributed by atoms with Gasteiger partial charge < -0.3 is 11.5 Å². The monoisotopic (exact) mass is 445 g/mol. The van der Waals surface area contributed by atoms with Crippen molar-refractivity contribution in [1.82, 2.24) is 9.78 Å². The molecule has 7 nitrogen and oxygen atoms in total. The molecule has 0 fully saturated rings. The lowest BCUT2D eigenvalue weighted by molar-refractivity contribution is 0.100. The lowest BCUT2D eigenvalue weighted by atomic mass is 9.94. The summed E-state index contributed by atoms with van der Waals surface area (Å²) in [4.78, 5) is 24.1. The highest BCUT2D eigenvalue weighted by molar-refractivity contribution is 9.10. The van der Waals surface area contributed by atoms with Crippen LogP contribution in [0.1, 0.15) is 27.2 Å². The van der Waals surface area contributed by atoms with E-state index in [-0.39, 0.29) is 0 Å². The van der Waals surface area contributed by atoms with Gasteiger partial charge in [-0.3, -0.25) is 14.8 Å². The maximum Gasteiger partial charge on any atom is 0.317 e. The van der Waals surface area contributed by atoms with Gasteiger partial charge in [-0.1, -0.05) is 34.1 Å². The first-order chi connectivity index (χ1) is 12.9. The van der Waals surface area contributed by atoms with Gasteiger partial charge in [0, 0.05) is 21.1 Å². The van der Waals surface area contributed by atoms with Crippen LogP contribution in [-0.4, -0.2) is 21.7 Å². The van der Waals surface area contributed by atoms with Gasteiger partial charge in [0.05, 0.1) is 17.8 Å². The van der Waals surface area contributed by atoms with Crippen molar-refractivity contribution in [3.63, 3.8) is 0 Å². The van der Waals surface area contributed by atoms with Gasteiger partial charge in [0.15, 0.2) is 0 Å². The van der Waals surface area contributed by atoms with Crippen LogP contribution in [0.25, 0.3) is 10.4 Å². The van der Waals surface area contributed by atoms with Gasteiger partial charge in [-0.15, -0.1) is 11.3 Å². The van der Waals surface area contributed by atoms with Crippen LogP contribution in [0.2, 0.25) is 0 Å². The van der Waals surface area contributed by atoms with Crippen molar-refractivity contribution < 1.29 is 9.59 Å². The second kappa shape index (κ2) is 6.82. The van der Waals surface area contributed by atoms with E-state index >= 15 is 0 Å². The second-order valence-electron chi connectivity index (χ2n) is 6.25. The molecule has 1 aliphatic rings. The Hall–Kier alpha value is -2.65. The number of hydrogen-bond acceptors (Lipinski definition) is 4. The van der Waals surface area contributed by atoms with Crippen LogP contribution in [-0.2, 0) is 19.4 Å². The number of urea groups is 1. The number of thiophene rings is 1. The highest BCUT2D eigenvalue weighted by atomic mass is 79.9. The molecule has 4 rings (SSSR count). The fraction of sp³-hybridized carbons (Fsp3) is 0.167. The van der Waals surface area contributed by atoms with Crippen molar-refractivity contribution in [1.29, 1.82) is 0 Å². The van der Waals surface area contributed by atoms with E-state index in [0.29, 0.717) is 30.0 Å². The number of carbonyl (C=O) groups excluding carboxylic acids is 2. The number of rotatable bonds is 4. The van der Waals surface area contributed by atoms with E-state index in [2.05, 4.69) is 21.2 Å². The summed E-state index contributed by atoms with van der Waals surface area (Å²) in [6.07, 6.45) is 3.32. The number of nitrogens with zero attached hydrogens (tertiary/aromatic N) is 2. The van der Waals surface area contributed by atoms with Crippen LogP contribution in [0.3, 0.4) is 0 Å². The zero-order valence-corrected chi connectivity index (χ0v) is 16.6. The van der Waals surface area contributed by atoms with Crippen LogP contribution in [0.15, 0.2) is 34.9 Å². The molecule has 0 radical (unpaired) electrons. The summed E-state index contributed by atoms with van der Waals surface area (Å²) in [5.41, 5.74) is 15.0. The first-order valence-electron chi connectivity index (χ1n) is 8.26. The minimum Gasteiger partial charge on any atom is -0.365 e. The molecule has 0 atom stereocenters. The Morgan fingerprint density at radius 2 is 2.04 bits per heavy atom. The fourth-order valence-corrected chi connectivity index (χ4v) is 5.04. The summed E-state index contributed by atoms with van der Waals surface area (Å²) in [6.45, 7) is 0.629. The summed E-state index contributed by atoms with van der Waals surface area (Å²) in [6, 6.07) is 7.28. The number of aryl methyl sites for hydroxylation is 1. The molecule has 138 valence electrons. The minimum absolute atomic E-state index is 0.345. The predicted octanol–water partition coefficient (Wildman–Crippen LogP) is 3.11. The minimum atomic E-state index is -0.721. The molecule has 3 aromatic rings. The Kier molecular flexibility index (Phi) is 4.48. The van der Waals surface area contributed by atoms with E-state index in [9.17, 15) is 9.59 Å². The van der Waals surface area contributed by atoms with Crippen LogP contribution in [0.4, 0.5) is 9.80 Å². The Morgan fingerprint density at radius 3 is 2.74 bits per heavy atom. The summed E-state index contributed by atoms with van der Waals surface area (Å²) in [5, 5.41) is 7.62. The number of carbonyl (C=O) groups is 2. The zero-order valence-electron chi connectivity index (χ0n) is 14.2. The Bertz CT molecular complexity index is 1070. The molecule has 0 saturated heterocycles. The van der Waals surface area contributed by atoms with Crippen molar-refractivity contribution in [3.8, 4) is 10.4 Å². The van der Waals surface area contributed by atoms with Crippen LogP contribution < -0.4 is 16.8 Å². The molecule has 9 heteroatoms. The number of aromatic nitrogens is 2. The highest BCUT2D eigenvalue weighted by Gasteiger charge is 2.29. The molecule has 1 aromatic carbocycles. The summed E-state index contributed by atoms with van der Waals surface area (Å²) in [5.74, 6) is -0.569.